The van der Waals surface area contributed by atoms with Crippen LogP contribution in [0.4, 0.5) is 0 Å². The van der Waals surface area contributed by atoms with Crippen LogP contribution in [0, 0.1) is 5.92 Å². The van der Waals surface area contributed by atoms with Crippen molar-refractivity contribution in [2.75, 3.05) is 6.23 Å². The van der Waals surface area contributed by atoms with E-state index in [1.54, 1.807) is 0 Å². The standard InChI is InChI=1S/C9H22OSi/c1-4-5-6-11(8-10)7-9(2)3/h9-11H,4-8H2,1-3H3. The van der Waals surface area contributed by atoms with E-state index in [1.807, 2.05) is 0 Å². The molecule has 1 N–H and O–H groups in total. The summed E-state index contributed by atoms with van der Waals surface area (Å²) >= 11 is 0. The molecule has 1 nitrogen and oxygen atoms in total. The lowest BCUT2D eigenvalue weighted by Gasteiger charge is -2.13. The van der Waals surface area contributed by atoms with Crippen LogP contribution in [0.1, 0.15) is 33.6 Å². The number of aliphatic hydroxyl groups excluding tert-OH is 1. The van der Waals surface area contributed by atoms with E-state index in [-0.39, 0.29) is 0 Å². The van der Waals surface area contributed by atoms with Gasteiger partial charge in [0.25, 0.3) is 0 Å². The Morgan fingerprint density at radius 3 is 2.36 bits per heavy atom. The van der Waals surface area contributed by atoms with E-state index in [2.05, 4.69) is 20.8 Å². The van der Waals surface area contributed by atoms with Gasteiger partial charge in [-0.2, -0.15) is 0 Å². The van der Waals surface area contributed by atoms with E-state index >= 15 is 0 Å². The van der Waals surface area contributed by atoms with E-state index in [4.69, 9.17) is 5.11 Å². The molecule has 0 aromatic carbocycles. The zero-order valence-electron chi connectivity index (χ0n) is 8.14. The fourth-order valence-corrected chi connectivity index (χ4v) is 4.33. The molecule has 2 heteroatoms. The molecule has 0 rings (SSSR count). The van der Waals surface area contributed by atoms with Gasteiger partial charge in [-0.25, -0.2) is 0 Å². The molecule has 0 aromatic heterocycles. The van der Waals surface area contributed by atoms with Crippen LogP contribution in [0.5, 0.6) is 0 Å². The summed E-state index contributed by atoms with van der Waals surface area (Å²) in [7, 11) is -0.733. The highest BCUT2D eigenvalue weighted by molar-refractivity contribution is 6.58. The second kappa shape index (κ2) is 6.86. The van der Waals surface area contributed by atoms with Crippen LogP contribution in [0.25, 0.3) is 0 Å². The predicted octanol–water partition coefficient (Wildman–Crippen LogP) is 2.20. The maximum Gasteiger partial charge on any atom is 0.0676 e. The van der Waals surface area contributed by atoms with Crippen molar-refractivity contribution in [2.45, 2.75) is 45.7 Å². The van der Waals surface area contributed by atoms with Gasteiger partial charge in [0.15, 0.2) is 0 Å². The zero-order chi connectivity index (χ0) is 8.69. The molecule has 0 aliphatic rings. The van der Waals surface area contributed by atoms with Crippen LogP contribution in [0.15, 0.2) is 0 Å². The van der Waals surface area contributed by atoms with Crippen molar-refractivity contribution in [3.05, 3.63) is 0 Å². The molecule has 0 spiro atoms. The molecule has 0 heterocycles. The summed E-state index contributed by atoms with van der Waals surface area (Å²) in [6, 6.07) is 2.65. The first-order valence-electron chi connectivity index (χ1n) is 4.81. The minimum Gasteiger partial charge on any atom is -0.400 e. The van der Waals surface area contributed by atoms with E-state index in [0.717, 1.165) is 5.92 Å². The second-order valence-corrected chi connectivity index (χ2v) is 6.97. The van der Waals surface area contributed by atoms with Crippen molar-refractivity contribution in [1.29, 1.82) is 0 Å². The number of hydrogen-bond acceptors (Lipinski definition) is 1. The predicted molar refractivity (Wildman–Crippen MR) is 53.6 cm³/mol. The van der Waals surface area contributed by atoms with Gasteiger partial charge in [-0.05, 0) is 5.92 Å². The first kappa shape index (κ1) is 11.2. The highest BCUT2D eigenvalue weighted by Gasteiger charge is 2.10. The smallest absolute Gasteiger partial charge is 0.0676 e. The first-order valence-corrected chi connectivity index (χ1v) is 7.26. The monoisotopic (exact) mass is 174 g/mol. The first-order chi connectivity index (χ1) is 5.20. The lowest BCUT2D eigenvalue weighted by molar-refractivity contribution is 0.359. The van der Waals surface area contributed by atoms with Crippen molar-refractivity contribution in [2.24, 2.45) is 5.92 Å². The third-order valence-electron chi connectivity index (χ3n) is 2.03. The van der Waals surface area contributed by atoms with E-state index in [9.17, 15) is 0 Å². The average molecular weight is 174 g/mol. The molecule has 0 bridgehead atoms. The van der Waals surface area contributed by atoms with Gasteiger partial charge < -0.3 is 5.11 Å². The molecule has 0 saturated carbocycles. The van der Waals surface area contributed by atoms with Crippen LogP contribution in [-0.4, -0.2) is 20.1 Å². The summed E-state index contributed by atoms with van der Waals surface area (Å²) in [5.41, 5.74) is 0. The minimum absolute atomic E-state index is 0.512. The molecule has 0 aliphatic heterocycles. The Morgan fingerprint density at radius 1 is 1.36 bits per heavy atom. The summed E-state index contributed by atoms with van der Waals surface area (Å²) in [5.74, 6) is 0.788. The average Bonchev–Trinajstić information content (AvgIpc) is 1.97. The lowest BCUT2D eigenvalue weighted by Crippen LogP contribution is -2.20. The molecule has 68 valence electrons. The Morgan fingerprint density at radius 2 is 2.00 bits per heavy atom. The molecule has 0 aromatic rings. The molecule has 1 atom stereocenters. The highest BCUT2D eigenvalue weighted by atomic mass is 28.3. The second-order valence-electron chi connectivity index (χ2n) is 3.82. The Hall–Kier alpha value is 0.177. The number of unbranched alkanes of at least 4 members (excludes halogenated alkanes) is 1. The van der Waals surface area contributed by atoms with Gasteiger partial charge in [-0.3, -0.25) is 0 Å². The summed E-state index contributed by atoms with van der Waals surface area (Å²) in [5, 5.41) is 9.06. The van der Waals surface area contributed by atoms with Crippen LogP contribution in [-0.2, 0) is 0 Å². The quantitative estimate of drug-likeness (QED) is 0.612. The Balaban J connectivity index is 3.41. The van der Waals surface area contributed by atoms with Gasteiger partial charge in [-0.15, -0.1) is 0 Å². The fourth-order valence-electron chi connectivity index (χ4n) is 1.44. The Kier molecular flexibility index (Phi) is 6.97. The molecule has 0 amide bonds. The summed E-state index contributed by atoms with van der Waals surface area (Å²) in [6.07, 6.45) is 3.12. The van der Waals surface area contributed by atoms with Gasteiger partial charge in [-0.1, -0.05) is 45.7 Å². The van der Waals surface area contributed by atoms with Gasteiger partial charge in [0.2, 0.25) is 0 Å². The third kappa shape index (κ3) is 6.57. The van der Waals surface area contributed by atoms with Gasteiger partial charge in [0.1, 0.15) is 0 Å². The SMILES string of the molecule is CCCC[SiH](CO)CC(C)C. The van der Waals surface area contributed by atoms with Gasteiger partial charge in [0, 0.05) is 6.23 Å². The molecule has 1 unspecified atom stereocenters. The van der Waals surface area contributed by atoms with Gasteiger partial charge in [0.05, 0.1) is 8.80 Å². The summed E-state index contributed by atoms with van der Waals surface area (Å²) < 4.78 is 0. The molecular weight excluding hydrogens is 152 g/mol. The van der Waals surface area contributed by atoms with Crippen molar-refractivity contribution in [3.8, 4) is 0 Å². The van der Waals surface area contributed by atoms with Crippen molar-refractivity contribution >= 4 is 8.80 Å². The number of hydrogen-bond donors (Lipinski definition) is 1. The maximum absolute atomic E-state index is 9.06. The molecule has 0 fully saturated rings. The molecular formula is C9H22OSi. The van der Waals surface area contributed by atoms with E-state index in [1.165, 1.54) is 24.9 Å². The van der Waals surface area contributed by atoms with Crippen LogP contribution in [0.3, 0.4) is 0 Å². The topological polar surface area (TPSA) is 20.2 Å². The number of rotatable bonds is 6. The molecule has 11 heavy (non-hydrogen) atoms. The normalized spacial score (nSPS) is 13.9. The van der Waals surface area contributed by atoms with E-state index < -0.39 is 8.80 Å². The Bertz CT molecular complexity index is 83.6. The van der Waals surface area contributed by atoms with Crippen molar-refractivity contribution < 1.29 is 5.11 Å². The van der Waals surface area contributed by atoms with Crippen molar-refractivity contribution in [1.82, 2.24) is 0 Å². The zero-order valence-corrected chi connectivity index (χ0v) is 9.29. The van der Waals surface area contributed by atoms with Crippen molar-refractivity contribution in [3.63, 3.8) is 0 Å². The Labute approximate surface area is 72.4 Å². The minimum atomic E-state index is -0.733. The third-order valence-corrected chi connectivity index (χ3v) is 5.38. The van der Waals surface area contributed by atoms with E-state index in [0.29, 0.717) is 6.23 Å². The lowest BCUT2D eigenvalue weighted by atomic mass is 10.3. The van der Waals surface area contributed by atoms with Crippen LogP contribution >= 0.6 is 0 Å². The molecule has 0 aliphatic carbocycles. The molecule has 0 saturated heterocycles. The van der Waals surface area contributed by atoms with Gasteiger partial charge >= 0.3 is 0 Å². The molecule has 0 radical (unpaired) electrons. The van der Waals surface area contributed by atoms with Crippen LogP contribution < -0.4 is 0 Å². The summed E-state index contributed by atoms with van der Waals surface area (Å²) in [6.45, 7) is 6.72. The largest absolute Gasteiger partial charge is 0.400 e. The maximum atomic E-state index is 9.06. The van der Waals surface area contributed by atoms with Crippen LogP contribution in [0.2, 0.25) is 12.1 Å². The highest BCUT2D eigenvalue weighted by Crippen LogP contribution is 2.11. The number of aliphatic hydroxyl groups is 1. The summed E-state index contributed by atoms with van der Waals surface area (Å²) in [4.78, 5) is 0. The fraction of sp³-hybridized carbons (Fsp3) is 1.00.